The molecular weight excluding hydrogens is 378 g/mol. The summed E-state index contributed by atoms with van der Waals surface area (Å²) in [6, 6.07) is 3.78. The number of halogens is 1. The summed E-state index contributed by atoms with van der Waals surface area (Å²) in [5.74, 6) is -2.12. The molecule has 1 aromatic heterocycles. The number of phenols is 1. The van der Waals surface area contributed by atoms with Crippen molar-refractivity contribution in [3.8, 4) is 5.75 Å². The molecule has 0 bridgehead atoms. The van der Waals surface area contributed by atoms with Crippen LogP contribution in [0.15, 0.2) is 22.7 Å². The Morgan fingerprint density at radius 2 is 2.04 bits per heavy atom. The number of carboxylic acid groups (broad SMARTS) is 1. The minimum Gasteiger partial charge on any atom is -0.506 e. The van der Waals surface area contributed by atoms with Crippen molar-refractivity contribution in [3.05, 3.63) is 39.6 Å². The average molecular weight is 396 g/mol. The van der Waals surface area contributed by atoms with Gasteiger partial charge < -0.3 is 15.5 Å². The van der Waals surface area contributed by atoms with Crippen LogP contribution >= 0.6 is 15.9 Å². The number of rotatable bonds is 5. The predicted octanol–water partition coefficient (Wildman–Crippen LogP) is 2.94. The normalized spacial score (nSPS) is 12.0. The van der Waals surface area contributed by atoms with Crippen molar-refractivity contribution in [1.29, 1.82) is 0 Å². The Hall–Kier alpha value is -2.35. The van der Waals surface area contributed by atoms with Crippen molar-refractivity contribution >= 4 is 33.5 Å². The van der Waals surface area contributed by atoms with Gasteiger partial charge in [0.1, 0.15) is 5.75 Å². The highest BCUT2D eigenvalue weighted by atomic mass is 79.9. The van der Waals surface area contributed by atoms with Gasteiger partial charge in [0.2, 0.25) is 5.91 Å². The molecule has 7 nitrogen and oxygen atoms in total. The summed E-state index contributed by atoms with van der Waals surface area (Å²) < 4.78 is 2.66. The quantitative estimate of drug-likeness (QED) is 0.675. The van der Waals surface area contributed by atoms with E-state index in [0.717, 1.165) is 21.9 Å². The summed E-state index contributed by atoms with van der Waals surface area (Å²) in [7, 11) is 0. The number of aromatic hydroxyl groups is 1. The van der Waals surface area contributed by atoms with Crippen LogP contribution in [0.2, 0.25) is 0 Å². The lowest BCUT2D eigenvalue weighted by Gasteiger charge is -2.14. The van der Waals surface area contributed by atoms with E-state index < -0.39 is 11.9 Å². The Morgan fingerprint density at radius 3 is 2.54 bits per heavy atom. The van der Waals surface area contributed by atoms with Crippen LogP contribution in [0.25, 0.3) is 0 Å². The lowest BCUT2D eigenvalue weighted by Crippen LogP contribution is -2.25. The summed E-state index contributed by atoms with van der Waals surface area (Å²) >= 11 is 3.44. The third kappa shape index (κ3) is 3.76. The second kappa shape index (κ2) is 7.04. The van der Waals surface area contributed by atoms with Gasteiger partial charge in [0.15, 0.2) is 0 Å². The maximum atomic E-state index is 12.3. The summed E-state index contributed by atoms with van der Waals surface area (Å²) in [4.78, 5) is 23.1. The summed E-state index contributed by atoms with van der Waals surface area (Å²) in [5, 5.41) is 25.7. The van der Waals surface area contributed by atoms with Crippen LogP contribution in [0.3, 0.4) is 0 Å². The molecular formula is C16H18BrN3O4. The second-order valence-electron chi connectivity index (χ2n) is 5.59. The van der Waals surface area contributed by atoms with Crippen LogP contribution in [0.1, 0.15) is 28.7 Å². The number of hydrogen-bond acceptors (Lipinski definition) is 4. The molecule has 0 spiro atoms. The molecule has 1 amide bonds. The van der Waals surface area contributed by atoms with Crippen molar-refractivity contribution in [1.82, 2.24) is 9.78 Å². The maximum absolute atomic E-state index is 12.3. The number of amides is 1. The van der Waals surface area contributed by atoms with Gasteiger partial charge in [-0.25, -0.2) is 4.79 Å². The number of aromatic nitrogens is 2. The number of nitrogens with one attached hydrogen (secondary N) is 1. The number of aromatic carboxylic acids is 1. The molecule has 1 aromatic carbocycles. The molecule has 2 rings (SSSR count). The number of anilines is 1. The zero-order valence-electron chi connectivity index (χ0n) is 13.5. The highest BCUT2D eigenvalue weighted by Crippen LogP contribution is 2.25. The summed E-state index contributed by atoms with van der Waals surface area (Å²) in [5.41, 5.74) is 1.90. The standard InChI is InChI=1S/C16H18BrN3O4/c1-8(7-20-10(3)14(17)9(2)19-20)15(22)18-12-5-4-11(16(23)24)6-13(12)21/h4-6,8,21H,7H2,1-3H3,(H,18,22)(H,23,24). The number of aryl methyl sites for hydroxylation is 1. The molecule has 1 heterocycles. The Balaban J connectivity index is 2.09. The van der Waals surface area contributed by atoms with Gasteiger partial charge in [0.05, 0.1) is 33.9 Å². The fourth-order valence-corrected chi connectivity index (χ4v) is 2.51. The smallest absolute Gasteiger partial charge is 0.335 e. The number of hydrogen-bond donors (Lipinski definition) is 3. The van der Waals surface area contributed by atoms with Crippen molar-refractivity contribution in [2.75, 3.05) is 5.32 Å². The number of carbonyl (C=O) groups excluding carboxylic acids is 1. The third-order valence-electron chi connectivity index (χ3n) is 3.69. The minimum absolute atomic E-state index is 0.0500. The lowest BCUT2D eigenvalue weighted by molar-refractivity contribution is -0.119. The summed E-state index contributed by atoms with van der Waals surface area (Å²) in [6.07, 6.45) is 0. The Morgan fingerprint density at radius 1 is 1.38 bits per heavy atom. The molecule has 2 aromatic rings. The molecule has 3 N–H and O–H groups in total. The summed E-state index contributed by atoms with van der Waals surface area (Å²) in [6.45, 7) is 5.92. The molecule has 1 atom stereocenters. The molecule has 1 unspecified atom stereocenters. The fourth-order valence-electron chi connectivity index (χ4n) is 2.22. The van der Waals surface area contributed by atoms with E-state index in [-0.39, 0.29) is 22.9 Å². The first kappa shape index (κ1) is 18.0. The Labute approximate surface area is 147 Å². The van der Waals surface area contributed by atoms with E-state index in [2.05, 4.69) is 26.3 Å². The first-order chi connectivity index (χ1) is 11.2. The number of nitrogens with zero attached hydrogens (tertiary/aromatic N) is 2. The van der Waals surface area contributed by atoms with Crippen molar-refractivity contribution in [2.24, 2.45) is 5.92 Å². The topological polar surface area (TPSA) is 104 Å². The van der Waals surface area contributed by atoms with E-state index in [9.17, 15) is 14.7 Å². The average Bonchev–Trinajstić information content (AvgIpc) is 2.76. The number of phenolic OH excluding ortho intramolecular Hbond substituents is 1. The van der Waals surface area contributed by atoms with Gasteiger partial charge in [-0.1, -0.05) is 6.92 Å². The first-order valence-corrected chi connectivity index (χ1v) is 8.06. The highest BCUT2D eigenvalue weighted by molar-refractivity contribution is 9.10. The van der Waals surface area contributed by atoms with Crippen LogP contribution in [-0.2, 0) is 11.3 Å². The van der Waals surface area contributed by atoms with E-state index in [1.54, 1.807) is 11.6 Å². The fraction of sp³-hybridized carbons (Fsp3) is 0.312. The molecule has 0 aliphatic carbocycles. The number of carboxylic acids is 1. The van der Waals surface area contributed by atoms with Crippen LogP contribution in [-0.4, -0.2) is 31.9 Å². The number of benzene rings is 1. The van der Waals surface area contributed by atoms with E-state index in [1.165, 1.54) is 12.1 Å². The van der Waals surface area contributed by atoms with Crippen molar-refractivity contribution < 1.29 is 19.8 Å². The Bertz CT molecular complexity index is 801. The van der Waals surface area contributed by atoms with E-state index in [4.69, 9.17) is 5.11 Å². The first-order valence-electron chi connectivity index (χ1n) is 7.27. The zero-order valence-corrected chi connectivity index (χ0v) is 15.1. The molecule has 24 heavy (non-hydrogen) atoms. The van der Waals surface area contributed by atoms with Gasteiger partial charge in [-0.05, 0) is 48.0 Å². The van der Waals surface area contributed by atoms with Gasteiger partial charge in [-0.2, -0.15) is 5.10 Å². The molecule has 0 aliphatic heterocycles. The van der Waals surface area contributed by atoms with Gasteiger partial charge in [-0.15, -0.1) is 0 Å². The second-order valence-corrected chi connectivity index (χ2v) is 6.39. The molecule has 0 saturated heterocycles. The molecule has 0 radical (unpaired) electrons. The predicted molar refractivity (Wildman–Crippen MR) is 92.3 cm³/mol. The molecule has 128 valence electrons. The molecule has 0 aliphatic rings. The van der Waals surface area contributed by atoms with Gasteiger partial charge in [0.25, 0.3) is 0 Å². The van der Waals surface area contributed by atoms with Crippen molar-refractivity contribution in [3.63, 3.8) is 0 Å². The Kier molecular flexibility index (Phi) is 5.28. The van der Waals surface area contributed by atoms with Gasteiger partial charge in [-0.3, -0.25) is 9.48 Å². The monoisotopic (exact) mass is 395 g/mol. The van der Waals surface area contributed by atoms with Gasteiger partial charge >= 0.3 is 5.97 Å². The highest BCUT2D eigenvalue weighted by Gasteiger charge is 2.18. The van der Waals surface area contributed by atoms with Crippen LogP contribution in [0, 0.1) is 19.8 Å². The van der Waals surface area contributed by atoms with Crippen LogP contribution in [0.4, 0.5) is 5.69 Å². The molecule has 0 saturated carbocycles. The van der Waals surface area contributed by atoms with E-state index in [0.29, 0.717) is 6.54 Å². The van der Waals surface area contributed by atoms with Gasteiger partial charge in [0, 0.05) is 5.69 Å². The van der Waals surface area contributed by atoms with E-state index in [1.807, 2.05) is 13.8 Å². The van der Waals surface area contributed by atoms with E-state index >= 15 is 0 Å². The maximum Gasteiger partial charge on any atom is 0.335 e. The third-order valence-corrected chi connectivity index (χ3v) is 4.84. The van der Waals surface area contributed by atoms with Crippen LogP contribution < -0.4 is 5.32 Å². The van der Waals surface area contributed by atoms with Crippen LogP contribution in [0.5, 0.6) is 5.75 Å². The largest absolute Gasteiger partial charge is 0.506 e. The molecule has 0 fully saturated rings. The number of carbonyl (C=O) groups is 2. The zero-order chi connectivity index (χ0) is 18.0. The molecule has 8 heteroatoms. The minimum atomic E-state index is -1.15. The SMILES string of the molecule is Cc1nn(CC(C)C(=O)Nc2ccc(C(=O)O)cc2O)c(C)c1Br. The lowest BCUT2D eigenvalue weighted by atomic mass is 10.1. The van der Waals surface area contributed by atoms with Crippen molar-refractivity contribution in [2.45, 2.75) is 27.3 Å².